The third-order valence-electron chi connectivity index (χ3n) is 11.0. The summed E-state index contributed by atoms with van der Waals surface area (Å²) in [5.41, 5.74) is 5.31. The Kier molecular flexibility index (Phi) is 9.86. The number of carboxylic acids is 1. The lowest BCUT2D eigenvalue weighted by Gasteiger charge is -2.40. The van der Waals surface area contributed by atoms with Crippen LogP contribution in [0, 0.1) is 19.7 Å². The normalized spacial score (nSPS) is 17.9. The molecule has 276 valence electrons. The molecule has 2 aliphatic heterocycles. The molecule has 1 amide bonds. The van der Waals surface area contributed by atoms with Crippen LogP contribution in [0.15, 0.2) is 30.5 Å². The van der Waals surface area contributed by atoms with Gasteiger partial charge in [0.05, 0.1) is 17.9 Å². The van der Waals surface area contributed by atoms with Crippen LogP contribution in [0.4, 0.5) is 4.39 Å². The molecule has 4 aromatic rings. The maximum Gasteiger partial charge on any atom is 0.337 e. The van der Waals surface area contributed by atoms with Gasteiger partial charge >= 0.3 is 5.97 Å². The fourth-order valence-electron chi connectivity index (χ4n) is 8.45. The summed E-state index contributed by atoms with van der Waals surface area (Å²) in [6.07, 6.45) is 8.09. The van der Waals surface area contributed by atoms with Crippen molar-refractivity contribution in [2.24, 2.45) is 7.05 Å². The van der Waals surface area contributed by atoms with Gasteiger partial charge in [-0.05, 0) is 95.7 Å². The molecule has 3 aliphatic rings. The number of aromatic nitrogens is 3. The van der Waals surface area contributed by atoms with Crippen LogP contribution in [0.3, 0.4) is 0 Å². The Morgan fingerprint density at radius 3 is 2.46 bits per heavy atom. The van der Waals surface area contributed by atoms with E-state index in [1.165, 1.54) is 38.2 Å². The van der Waals surface area contributed by atoms with Crippen molar-refractivity contribution in [3.05, 3.63) is 64.4 Å². The van der Waals surface area contributed by atoms with Crippen molar-refractivity contribution in [2.45, 2.75) is 97.3 Å². The van der Waals surface area contributed by atoms with E-state index >= 15 is 4.39 Å². The van der Waals surface area contributed by atoms with Crippen LogP contribution < -0.4 is 4.74 Å². The quantitative estimate of drug-likeness (QED) is 0.211. The highest BCUT2D eigenvalue weighted by atomic mass is 19.1. The Morgan fingerprint density at radius 1 is 1.04 bits per heavy atom. The Bertz CT molecular complexity index is 2020. The zero-order valence-electron chi connectivity index (χ0n) is 31.2. The van der Waals surface area contributed by atoms with Gasteiger partial charge in [-0.25, -0.2) is 14.2 Å². The van der Waals surface area contributed by atoms with E-state index in [4.69, 9.17) is 14.5 Å². The second-order valence-electron chi connectivity index (χ2n) is 15.6. The molecule has 1 atom stereocenters. The number of halogens is 1. The summed E-state index contributed by atoms with van der Waals surface area (Å²) in [4.78, 5) is 40.7. The Morgan fingerprint density at radius 2 is 1.77 bits per heavy atom. The van der Waals surface area contributed by atoms with Gasteiger partial charge in [0, 0.05) is 78.8 Å². The van der Waals surface area contributed by atoms with Crippen molar-refractivity contribution in [3.8, 4) is 28.1 Å². The van der Waals surface area contributed by atoms with Crippen LogP contribution in [-0.4, -0.2) is 85.7 Å². The molecule has 1 saturated carbocycles. The van der Waals surface area contributed by atoms with Crippen LogP contribution in [0.1, 0.15) is 98.3 Å². The summed E-state index contributed by atoms with van der Waals surface area (Å²) in [6, 6.07) is 7.72. The van der Waals surface area contributed by atoms with Gasteiger partial charge in [0.2, 0.25) is 0 Å². The number of nitrogens with zero attached hydrogens (tertiary/aromatic N) is 5. The number of pyridine rings is 2. The van der Waals surface area contributed by atoms with Crippen LogP contribution in [0.5, 0.6) is 5.75 Å². The van der Waals surface area contributed by atoms with Gasteiger partial charge in [0.15, 0.2) is 17.7 Å². The number of carboxylic acid groups (broad SMARTS) is 1. The molecule has 2 fully saturated rings. The predicted octanol–water partition coefficient (Wildman–Crippen LogP) is 7.41. The van der Waals surface area contributed by atoms with E-state index in [-0.39, 0.29) is 11.7 Å². The average molecular weight is 712 g/mol. The Labute approximate surface area is 304 Å². The maximum atomic E-state index is 15.9. The van der Waals surface area contributed by atoms with Crippen LogP contribution in [0.2, 0.25) is 0 Å². The fourth-order valence-corrected chi connectivity index (χ4v) is 8.45. The fraction of sp³-hybridized carbons (Fsp3) is 0.512. The number of carbonyl (C=O) groups is 2. The lowest BCUT2D eigenvalue weighted by atomic mass is 9.86. The number of rotatable bonds is 7. The van der Waals surface area contributed by atoms with Crippen molar-refractivity contribution < 1.29 is 28.6 Å². The van der Waals surface area contributed by atoms with Gasteiger partial charge in [-0.1, -0.05) is 19.3 Å². The molecular formula is C41H50FN5O5. The molecule has 7 rings (SSSR count). The van der Waals surface area contributed by atoms with Crippen molar-refractivity contribution in [1.82, 2.24) is 24.3 Å². The Hall–Kier alpha value is -4.35. The molecule has 5 heterocycles. The van der Waals surface area contributed by atoms with Gasteiger partial charge in [-0.3, -0.25) is 14.7 Å². The first-order valence-corrected chi connectivity index (χ1v) is 18.7. The molecule has 52 heavy (non-hydrogen) atoms. The second kappa shape index (κ2) is 14.2. The number of aryl methyl sites for hydroxylation is 2. The van der Waals surface area contributed by atoms with Crippen molar-refractivity contribution >= 4 is 22.9 Å². The topological polar surface area (TPSA) is 110 Å². The minimum absolute atomic E-state index is 0.0909. The molecule has 3 aromatic heterocycles. The molecule has 1 saturated heterocycles. The number of ether oxygens (including phenoxy) is 2. The number of carbonyl (C=O) groups excluding carboxylic acids is 1. The molecule has 1 N–H and O–H groups in total. The van der Waals surface area contributed by atoms with Gasteiger partial charge < -0.3 is 24.0 Å². The van der Waals surface area contributed by atoms with E-state index in [1.54, 1.807) is 13.1 Å². The third-order valence-corrected chi connectivity index (χ3v) is 11.0. The number of piperazine rings is 1. The minimum atomic E-state index is -1.37. The van der Waals surface area contributed by atoms with E-state index < -0.39 is 23.5 Å². The first-order valence-electron chi connectivity index (χ1n) is 18.7. The summed E-state index contributed by atoms with van der Waals surface area (Å²) < 4.78 is 29.8. The number of amides is 1. The smallest absolute Gasteiger partial charge is 0.337 e. The van der Waals surface area contributed by atoms with E-state index in [9.17, 15) is 14.7 Å². The summed E-state index contributed by atoms with van der Waals surface area (Å²) >= 11 is 0. The lowest BCUT2D eigenvalue weighted by Crippen LogP contribution is -2.52. The van der Waals surface area contributed by atoms with E-state index in [0.29, 0.717) is 71.3 Å². The monoisotopic (exact) mass is 711 g/mol. The largest absolute Gasteiger partial charge is 0.490 e. The van der Waals surface area contributed by atoms with E-state index in [2.05, 4.69) is 9.88 Å². The molecule has 0 unspecified atom stereocenters. The van der Waals surface area contributed by atoms with Gasteiger partial charge in [0.1, 0.15) is 11.3 Å². The molecule has 1 aliphatic carbocycles. The average Bonchev–Trinajstić information content (AvgIpc) is 3.46. The summed E-state index contributed by atoms with van der Waals surface area (Å²) in [6.45, 7) is 12.7. The molecule has 0 spiro atoms. The summed E-state index contributed by atoms with van der Waals surface area (Å²) in [7, 11) is 1.90. The van der Waals surface area contributed by atoms with Crippen molar-refractivity contribution in [1.29, 1.82) is 0 Å². The molecule has 0 radical (unpaired) electrons. The van der Waals surface area contributed by atoms with Crippen LogP contribution in [-0.2, 0) is 23.0 Å². The van der Waals surface area contributed by atoms with E-state index in [1.807, 2.05) is 62.4 Å². The number of aliphatic carboxylic acids is 1. The molecule has 11 heteroatoms. The number of fused-ring (bicyclic) bond motifs is 2. The Balaban J connectivity index is 1.32. The lowest BCUT2D eigenvalue weighted by molar-refractivity contribution is -0.160. The second-order valence-corrected chi connectivity index (χ2v) is 15.6. The highest BCUT2D eigenvalue weighted by Gasteiger charge is 2.35. The first-order chi connectivity index (χ1) is 24.8. The highest BCUT2D eigenvalue weighted by Crippen LogP contribution is 2.45. The van der Waals surface area contributed by atoms with Gasteiger partial charge in [0.25, 0.3) is 5.91 Å². The standard InChI is InChI=1S/C41H50FN5O5/c1-24-28-13-10-20-51-36(28)31(42)22-29(24)35-30-23-33(45(6)38(30)44-25(2)34(35)37(40(49)50)52-41(3,4)5)26-14-15-43-32(21-26)39(48)47-18-16-46(17-19-47)27-11-8-7-9-12-27/h14-15,21-23,27,37H,7-13,16-20H2,1-6H3,(H,49,50)/t37-/m0/s1. The first kappa shape index (κ1) is 36.0. The highest BCUT2D eigenvalue weighted by molar-refractivity contribution is 6.02. The summed E-state index contributed by atoms with van der Waals surface area (Å²) in [5.74, 6) is -1.48. The zero-order valence-corrected chi connectivity index (χ0v) is 31.2. The number of benzene rings is 1. The maximum absolute atomic E-state index is 15.9. The van der Waals surface area contributed by atoms with Crippen LogP contribution in [0.25, 0.3) is 33.4 Å². The van der Waals surface area contributed by atoms with E-state index in [0.717, 1.165) is 41.9 Å². The number of hydrogen-bond donors (Lipinski definition) is 1. The molecular weight excluding hydrogens is 661 g/mol. The van der Waals surface area contributed by atoms with Gasteiger partial charge in [-0.15, -0.1) is 0 Å². The van der Waals surface area contributed by atoms with Crippen molar-refractivity contribution in [3.63, 3.8) is 0 Å². The molecule has 1 aromatic carbocycles. The van der Waals surface area contributed by atoms with Crippen molar-refractivity contribution in [2.75, 3.05) is 32.8 Å². The van der Waals surface area contributed by atoms with Gasteiger partial charge in [-0.2, -0.15) is 0 Å². The summed E-state index contributed by atoms with van der Waals surface area (Å²) in [5, 5.41) is 11.2. The zero-order chi connectivity index (χ0) is 36.9. The predicted molar refractivity (Wildman–Crippen MR) is 198 cm³/mol. The SMILES string of the molecule is Cc1nc2c(cc(-c3ccnc(C(=O)N4CCN(C5CCCCC5)CC4)c3)n2C)c(-c2cc(F)c3c(c2C)CCCO3)c1[C@H](OC(C)(C)C)C(=O)O. The van der Waals surface area contributed by atoms with Crippen LogP contribution >= 0.6 is 0 Å². The number of hydrogen-bond acceptors (Lipinski definition) is 7. The third kappa shape index (κ3) is 6.80. The molecule has 10 nitrogen and oxygen atoms in total. The minimum Gasteiger partial charge on any atom is -0.490 e. The molecule has 0 bridgehead atoms.